The van der Waals surface area contributed by atoms with Gasteiger partial charge in [0.05, 0.1) is 43.3 Å². The highest BCUT2D eigenvalue weighted by atomic mass is 16.5. The van der Waals surface area contributed by atoms with Gasteiger partial charge in [-0.1, -0.05) is 75.0 Å². The minimum Gasteiger partial charge on any atom is -0.491 e. The van der Waals surface area contributed by atoms with E-state index in [2.05, 4.69) is 35.8 Å². The van der Waals surface area contributed by atoms with Gasteiger partial charge in [0.2, 0.25) is 5.91 Å². The lowest BCUT2D eigenvalue weighted by atomic mass is 10.0. The predicted molar refractivity (Wildman–Crippen MR) is 210 cm³/mol. The first-order valence-electron chi connectivity index (χ1n) is 17.8. The van der Waals surface area contributed by atoms with Crippen molar-refractivity contribution in [1.29, 1.82) is 0 Å². The van der Waals surface area contributed by atoms with E-state index >= 15 is 0 Å². The number of rotatable bonds is 23. The van der Waals surface area contributed by atoms with Crippen LogP contribution in [-0.4, -0.2) is 97.7 Å². The molecule has 0 aromatic heterocycles. The number of aromatic carboxylic acids is 1. The number of hydrogen-bond acceptors (Lipinski definition) is 7. The number of carbonyl (C=O) groups excluding carboxylic acids is 2. The second kappa shape index (κ2) is 28.0. The third-order valence-corrected chi connectivity index (χ3v) is 7.99. The van der Waals surface area contributed by atoms with Crippen molar-refractivity contribution in [2.45, 2.75) is 58.1 Å². The minimum atomic E-state index is -1.04. The van der Waals surface area contributed by atoms with Crippen LogP contribution in [0.5, 0.6) is 5.75 Å². The third kappa shape index (κ3) is 19.3. The molecular weight excluding hydrogens is 690 g/mol. The number of hydrogen-bond donors (Lipinski definition) is 4. The fourth-order valence-corrected chi connectivity index (χ4v) is 5.09. The Kier molecular flexibility index (Phi) is 24.0. The second-order valence-electron chi connectivity index (χ2n) is 12.0. The molecule has 3 unspecified atom stereocenters. The highest BCUT2D eigenvalue weighted by Gasteiger charge is 2.36. The second-order valence-corrected chi connectivity index (χ2v) is 12.0. The van der Waals surface area contributed by atoms with E-state index in [1.165, 1.54) is 12.1 Å². The lowest BCUT2D eigenvalue weighted by molar-refractivity contribution is -0.140. The molecular formula is C42H55N3O9. The van der Waals surface area contributed by atoms with Gasteiger partial charge in [-0.3, -0.25) is 9.59 Å². The lowest BCUT2D eigenvalue weighted by Gasteiger charge is -2.25. The van der Waals surface area contributed by atoms with Crippen molar-refractivity contribution >= 4 is 23.9 Å². The maximum Gasteiger partial charge on any atom is 0.335 e. The molecule has 0 saturated carbocycles. The number of amides is 3. The van der Waals surface area contributed by atoms with E-state index in [1.54, 1.807) is 66.7 Å². The number of benzene rings is 1. The van der Waals surface area contributed by atoms with Crippen LogP contribution < -0.4 is 15.4 Å². The topological polar surface area (TPSA) is 164 Å². The Hall–Kier alpha value is -5.60. The molecule has 3 amide bonds. The molecule has 2 rings (SSSR count). The number of nitrogens with zero attached hydrogens (tertiary/aromatic N) is 1. The van der Waals surface area contributed by atoms with Gasteiger partial charge in [-0.15, -0.1) is 18.6 Å². The molecule has 12 nitrogen and oxygen atoms in total. The van der Waals surface area contributed by atoms with Crippen LogP contribution in [0.3, 0.4) is 0 Å². The molecule has 1 fully saturated rings. The highest BCUT2D eigenvalue weighted by Crippen LogP contribution is 2.24. The van der Waals surface area contributed by atoms with Crippen LogP contribution in [0.1, 0.15) is 56.3 Å². The van der Waals surface area contributed by atoms with Gasteiger partial charge < -0.3 is 40.0 Å². The fourth-order valence-electron chi connectivity index (χ4n) is 5.09. The molecule has 0 radical (unpaired) electrons. The van der Waals surface area contributed by atoms with Crippen molar-refractivity contribution < 1.29 is 43.6 Å². The summed E-state index contributed by atoms with van der Waals surface area (Å²) in [7, 11) is 1.56. The van der Waals surface area contributed by atoms with Gasteiger partial charge in [-0.25, -0.2) is 9.59 Å². The summed E-state index contributed by atoms with van der Waals surface area (Å²) in [5.41, 5.74) is 4.82. The molecule has 0 bridgehead atoms. The summed E-state index contributed by atoms with van der Waals surface area (Å²) in [4.78, 5) is 50.3. The van der Waals surface area contributed by atoms with Gasteiger partial charge in [0.1, 0.15) is 12.4 Å². The number of aliphatic carboxylic acids is 1. The van der Waals surface area contributed by atoms with Crippen LogP contribution in [0, 0.1) is 18.8 Å². The van der Waals surface area contributed by atoms with Crippen LogP contribution in [-0.2, 0) is 19.1 Å². The molecule has 1 aliphatic rings. The minimum absolute atomic E-state index is 0.0664. The van der Waals surface area contributed by atoms with Gasteiger partial charge in [-0.2, -0.15) is 0 Å². The van der Waals surface area contributed by atoms with Crippen LogP contribution in [0.2, 0.25) is 0 Å². The van der Waals surface area contributed by atoms with E-state index in [4.69, 9.17) is 14.2 Å². The first kappa shape index (κ1) is 46.4. The number of nitrogens with one attached hydrogen (secondary N) is 2. The zero-order valence-corrected chi connectivity index (χ0v) is 31.6. The number of carbonyl (C=O) groups is 4. The molecule has 3 atom stereocenters. The number of urea groups is 1. The smallest absolute Gasteiger partial charge is 0.335 e. The van der Waals surface area contributed by atoms with E-state index in [1.807, 2.05) is 26.0 Å². The predicted octanol–water partition coefficient (Wildman–Crippen LogP) is 6.11. The van der Waals surface area contributed by atoms with Gasteiger partial charge >= 0.3 is 18.0 Å². The average molecular weight is 746 g/mol. The maximum atomic E-state index is 13.7. The lowest BCUT2D eigenvalue weighted by Crippen LogP contribution is -2.39. The largest absolute Gasteiger partial charge is 0.491 e. The van der Waals surface area contributed by atoms with E-state index in [-0.39, 0.29) is 62.4 Å². The number of ether oxygens (including phenoxy) is 3. The van der Waals surface area contributed by atoms with Gasteiger partial charge in [0.15, 0.2) is 0 Å². The first-order chi connectivity index (χ1) is 26.1. The molecule has 54 heavy (non-hydrogen) atoms. The molecule has 0 aliphatic carbocycles. The summed E-state index contributed by atoms with van der Waals surface area (Å²) in [5.74, 6) is -2.18. The van der Waals surface area contributed by atoms with Crippen LogP contribution in [0.15, 0.2) is 102 Å². The summed E-state index contributed by atoms with van der Waals surface area (Å²) < 4.78 is 17.2. The fraction of sp³-hybridized carbons (Fsp3) is 0.405. The number of carboxylic acid groups (broad SMARTS) is 2. The Morgan fingerprint density at radius 1 is 1.06 bits per heavy atom. The molecule has 1 saturated heterocycles. The van der Waals surface area contributed by atoms with Crippen molar-refractivity contribution in [2.24, 2.45) is 5.92 Å². The SMILES string of the molecule is C#C.C=C(/C=C\C=C=CCNC(=O)NC/C=C\C(=C/COC)CC(=O)N1CC(OC/C=C\C(CCC)C(=O)O)CC1COc1ccc(C(=O)O)cc1)CC. The number of allylic oxidation sites excluding steroid dienone is 4. The maximum absolute atomic E-state index is 13.7. The van der Waals surface area contributed by atoms with E-state index < -0.39 is 17.9 Å². The summed E-state index contributed by atoms with van der Waals surface area (Å²) in [6, 6.07) is 5.37. The van der Waals surface area contributed by atoms with Crippen LogP contribution >= 0.6 is 0 Å². The van der Waals surface area contributed by atoms with E-state index in [0.29, 0.717) is 37.3 Å². The number of likely N-dealkylation sites (tertiary alicyclic amines) is 1. The molecule has 12 heteroatoms. The summed E-state index contributed by atoms with van der Waals surface area (Å²) in [5, 5.41) is 24.1. The Bertz CT molecular complexity index is 1550. The number of methoxy groups -OCH3 is 1. The highest BCUT2D eigenvalue weighted by molar-refractivity contribution is 5.87. The Labute approximate surface area is 319 Å². The quantitative estimate of drug-likeness (QED) is 0.0448. The Morgan fingerprint density at radius 3 is 2.43 bits per heavy atom. The van der Waals surface area contributed by atoms with Crippen LogP contribution in [0.4, 0.5) is 4.79 Å². The van der Waals surface area contributed by atoms with E-state index in [9.17, 15) is 29.4 Å². The molecule has 4 N–H and O–H groups in total. The monoisotopic (exact) mass is 745 g/mol. The Balaban J connectivity index is 0.00000716. The molecule has 1 aromatic rings. The van der Waals surface area contributed by atoms with Crippen LogP contribution in [0.25, 0.3) is 0 Å². The molecule has 0 spiro atoms. The summed E-state index contributed by atoms with van der Waals surface area (Å²) in [6.07, 6.45) is 26.3. The first-order valence-corrected chi connectivity index (χ1v) is 17.8. The van der Waals surface area contributed by atoms with Gasteiger partial charge in [0, 0.05) is 26.7 Å². The molecule has 1 heterocycles. The van der Waals surface area contributed by atoms with Crippen molar-refractivity contribution in [3.63, 3.8) is 0 Å². The van der Waals surface area contributed by atoms with Gasteiger partial charge in [-0.05, 0) is 61.3 Å². The average Bonchev–Trinajstić information content (AvgIpc) is 3.59. The molecule has 292 valence electrons. The zero-order chi connectivity index (χ0) is 40.1. The van der Waals surface area contributed by atoms with Crippen molar-refractivity contribution in [1.82, 2.24) is 15.5 Å². The van der Waals surface area contributed by atoms with Gasteiger partial charge in [0.25, 0.3) is 0 Å². The molecule has 1 aromatic carbocycles. The van der Waals surface area contributed by atoms with Crippen molar-refractivity contribution in [3.8, 4) is 18.6 Å². The third-order valence-electron chi connectivity index (χ3n) is 7.99. The van der Waals surface area contributed by atoms with E-state index in [0.717, 1.165) is 18.4 Å². The molecule has 1 aliphatic heterocycles. The number of terminal acetylenes is 1. The van der Waals surface area contributed by atoms with Crippen molar-refractivity contribution in [3.05, 3.63) is 108 Å². The van der Waals surface area contributed by atoms with Crippen molar-refractivity contribution in [2.75, 3.05) is 46.6 Å². The Morgan fingerprint density at radius 2 is 1.78 bits per heavy atom. The standard InChI is InChI=1S/C40H53N3O9.C2H2/c1-5-13-32(38(45)46)16-12-24-51-36-27-34(29-52-35-19-17-33(18-20-35)39(47)48)43(28-36)37(44)26-31(21-25-50-4)15-11-23-42-40(49)41-22-10-8-7-9-14-30(3)6-2;1-2/h7,9-12,14-21,32,34,36H,3,5-6,13,22-29H2,1-2,4H3,(H,45,46)(H,47,48)(H2,41,42,49);1-2H/b14-9-,15-11-,16-12-,31-21+;. The normalized spacial score (nSPS) is 15.9. The zero-order valence-electron chi connectivity index (χ0n) is 31.6. The summed E-state index contributed by atoms with van der Waals surface area (Å²) in [6.45, 7) is 9.35. The summed E-state index contributed by atoms with van der Waals surface area (Å²) >= 11 is 0. The number of carboxylic acids is 2.